The van der Waals surface area contributed by atoms with Crippen LogP contribution in [0.3, 0.4) is 0 Å². The smallest absolute Gasteiger partial charge is 0.416 e. The number of alkyl halides is 3. The number of nitrogens with one attached hydrogen (secondary N) is 2. The molecule has 2 rings (SSSR count). The summed E-state index contributed by atoms with van der Waals surface area (Å²) in [7, 11) is 0. The lowest BCUT2D eigenvalue weighted by Gasteiger charge is -2.11. The Morgan fingerprint density at radius 2 is 1.78 bits per heavy atom. The van der Waals surface area contributed by atoms with Crippen molar-refractivity contribution in [2.75, 3.05) is 19.7 Å². The Bertz CT molecular complexity index is 812. The van der Waals surface area contributed by atoms with Gasteiger partial charge in [0.25, 0.3) is 5.91 Å². The van der Waals surface area contributed by atoms with Gasteiger partial charge in [0.2, 0.25) is 5.91 Å². The number of hydrogen-bond acceptors (Lipinski definition) is 3. The van der Waals surface area contributed by atoms with Crippen molar-refractivity contribution < 1.29 is 27.5 Å². The van der Waals surface area contributed by atoms with Crippen LogP contribution in [-0.2, 0) is 11.0 Å². The van der Waals surface area contributed by atoms with E-state index in [1.807, 2.05) is 0 Å². The van der Waals surface area contributed by atoms with Crippen LogP contribution in [0.4, 0.5) is 13.2 Å². The molecule has 144 valence electrons. The third-order valence-corrected chi connectivity index (χ3v) is 3.71. The van der Waals surface area contributed by atoms with E-state index in [0.717, 1.165) is 12.1 Å². The Hall–Kier alpha value is -2.74. The predicted molar refractivity (Wildman–Crippen MR) is 93.7 cm³/mol. The maximum Gasteiger partial charge on any atom is 0.416 e. The van der Waals surface area contributed by atoms with Gasteiger partial charge in [0.1, 0.15) is 12.4 Å². The summed E-state index contributed by atoms with van der Waals surface area (Å²) >= 11 is 5.89. The molecule has 5 nitrogen and oxygen atoms in total. The van der Waals surface area contributed by atoms with Gasteiger partial charge in [0.15, 0.2) is 0 Å². The van der Waals surface area contributed by atoms with E-state index in [1.54, 1.807) is 18.2 Å². The Labute approximate surface area is 158 Å². The molecule has 0 heterocycles. The summed E-state index contributed by atoms with van der Waals surface area (Å²) in [6, 6.07) is 10.9. The molecule has 0 aliphatic carbocycles. The van der Waals surface area contributed by atoms with Crippen LogP contribution in [0.15, 0.2) is 48.5 Å². The third kappa shape index (κ3) is 6.49. The van der Waals surface area contributed by atoms with Crippen molar-refractivity contribution in [3.05, 3.63) is 64.7 Å². The van der Waals surface area contributed by atoms with Gasteiger partial charge >= 0.3 is 6.18 Å². The first-order valence-corrected chi connectivity index (χ1v) is 8.24. The Kier molecular flexibility index (Phi) is 7.06. The summed E-state index contributed by atoms with van der Waals surface area (Å²) in [4.78, 5) is 23.6. The van der Waals surface area contributed by atoms with Crippen molar-refractivity contribution in [2.45, 2.75) is 6.18 Å². The molecule has 0 unspecified atom stereocenters. The van der Waals surface area contributed by atoms with Gasteiger partial charge in [0, 0.05) is 0 Å². The van der Waals surface area contributed by atoms with Gasteiger partial charge in [-0.2, -0.15) is 13.2 Å². The second-order valence-electron chi connectivity index (χ2n) is 5.39. The van der Waals surface area contributed by atoms with E-state index in [2.05, 4.69) is 10.6 Å². The summed E-state index contributed by atoms with van der Waals surface area (Å²) in [6.45, 7) is -0.226. The SMILES string of the molecule is O=C(CNC(=O)c1ccccc1Cl)NCCOc1cccc(C(F)(F)F)c1. The molecule has 0 radical (unpaired) electrons. The second kappa shape index (κ2) is 9.27. The fraction of sp³-hybridized carbons (Fsp3) is 0.222. The van der Waals surface area contributed by atoms with Crippen molar-refractivity contribution in [3.8, 4) is 5.75 Å². The molecule has 0 bridgehead atoms. The Balaban J connectivity index is 1.71. The molecule has 0 fully saturated rings. The number of halogens is 4. The molecule has 0 saturated heterocycles. The molecule has 0 aromatic heterocycles. The minimum absolute atomic E-state index is 0.0223. The van der Waals surface area contributed by atoms with Crippen LogP contribution >= 0.6 is 11.6 Å². The molecule has 2 aromatic carbocycles. The molecule has 9 heteroatoms. The summed E-state index contributed by atoms with van der Waals surface area (Å²) in [5.74, 6) is -0.912. The lowest BCUT2D eigenvalue weighted by atomic mass is 10.2. The maximum absolute atomic E-state index is 12.6. The fourth-order valence-electron chi connectivity index (χ4n) is 2.09. The first kappa shape index (κ1) is 20.6. The second-order valence-corrected chi connectivity index (χ2v) is 5.79. The Morgan fingerprint density at radius 3 is 2.48 bits per heavy atom. The lowest BCUT2D eigenvalue weighted by molar-refractivity contribution is -0.137. The zero-order valence-electron chi connectivity index (χ0n) is 14.0. The van der Waals surface area contributed by atoms with Crippen molar-refractivity contribution in [1.29, 1.82) is 0 Å². The van der Waals surface area contributed by atoms with Gasteiger partial charge in [0.05, 0.1) is 29.2 Å². The van der Waals surface area contributed by atoms with E-state index in [1.165, 1.54) is 18.2 Å². The average molecular weight is 401 g/mol. The van der Waals surface area contributed by atoms with Crippen LogP contribution in [0.2, 0.25) is 5.02 Å². The molecule has 0 aliphatic heterocycles. The summed E-state index contributed by atoms with van der Waals surface area (Å²) < 4.78 is 43.0. The van der Waals surface area contributed by atoms with E-state index < -0.39 is 23.6 Å². The summed E-state index contributed by atoms with van der Waals surface area (Å²) in [5.41, 5.74) is -0.564. The molecular weight excluding hydrogens is 385 g/mol. The highest BCUT2D eigenvalue weighted by Gasteiger charge is 2.30. The number of benzene rings is 2. The van der Waals surface area contributed by atoms with Gasteiger partial charge < -0.3 is 15.4 Å². The van der Waals surface area contributed by atoms with E-state index in [9.17, 15) is 22.8 Å². The van der Waals surface area contributed by atoms with Crippen molar-refractivity contribution in [3.63, 3.8) is 0 Å². The first-order valence-electron chi connectivity index (χ1n) is 7.87. The molecular formula is C18H16ClF3N2O3. The normalized spacial score (nSPS) is 11.0. The minimum Gasteiger partial charge on any atom is -0.492 e. The number of carbonyl (C=O) groups excluding carboxylic acids is 2. The van der Waals surface area contributed by atoms with Crippen molar-refractivity contribution >= 4 is 23.4 Å². The van der Waals surface area contributed by atoms with E-state index in [4.69, 9.17) is 16.3 Å². The molecule has 2 N–H and O–H groups in total. The number of carbonyl (C=O) groups is 2. The molecule has 0 aliphatic rings. The fourth-order valence-corrected chi connectivity index (χ4v) is 2.31. The van der Waals surface area contributed by atoms with E-state index >= 15 is 0 Å². The Morgan fingerprint density at radius 1 is 1.04 bits per heavy atom. The monoisotopic (exact) mass is 400 g/mol. The number of amides is 2. The van der Waals surface area contributed by atoms with Crippen LogP contribution in [0.5, 0.6) is 5.75 Å². The highest BCUT2D eigenvalue weighted by atomic mass is 35.5. The van der Waals surface area contributed by atoms with Crippen LogP contribution in [0.1, 0.15) is 15.9 Å². The van der Waals surface area contributed by atoms with Crippen LogP contribution < -0.4 is 15.4 Å². The largest absolute Gasteiger partial charge is 0.492 e. The van der Waals surface area contributed by atoms with Gasteiger partial charge in [-0.1, -0.05) is 29.8 Å². The first-order chi connectivity index (χ1) is 12.8. The van der Waals surface area contributed by atoms with Crippen LogP contribution in [0, 0.1) is 0 Å². The molecule has 0 saturated carbocycles. The third-order valence-electron chi connectivity index (χ3n) is 3.38. The van der Waals surface area contributed by atoms with Crippen LogP contribution in [-0.4, -0.2) is 31.5 Å². The van der Waals surface area contributed by atoms with Crippen molar-refractivity contribution in [2.24, 2.45) is 0 Å². The topological polar surface area (TPSA) is 67.4 Å². The zero-order valence-corrected chi connectivity index (χ0v) is 14.7. The highest BCUT2D eigenvalue weighted by Crippen LogP contribution is 2.31. The van der Waals surface area contributed by atoms with Gasteiger partial charge in [-0.05, 0) is 30.3 Å². The molecule has 0 spiro atoms. The van der Waals surface area contributed by atoms with Crippen LogP contribution in [0.25, 0.3) is 0 Å². The van der Waals surface area contributed by atoms with Gasteiger partial charge in [-0.15, -0.1) is 0 Å². The maximum atomic E-state index is 12.6. The summed E-state index contributed by atoms with van der Waals surface area (Å²) in [6.07, 6.45) is -4.45. The van der Waals surface area contributed by atoms with E-state index in [-0.39, 0.29) is 36.0 Å². The molecule has 2 aromatic rings. The van der Waals surface area contributed by atoms with E-state index in [0.29, 0.717) is 0 Å². The lowest BCUT2D eigenvalue weighted by Crippen LogP contribution is -2.38. The molecule has 27 heavy (non-hydrogen) atoms. The predicted octanol–water partition coefficient (Wildman–Crippen LogP) is 3.28. The zero-order chi connectivity index (χ0) is 19.9. The standard InChI is InChI=1S/C18H16ClF3N2O3/c19-15-7-2-1-6-14(15)17(26)24-11-16(25)23-8-9-27-13-5-3-4-12(10-13)18(20,21)22/h1-7,10H,8-9,11H2,(H,23,25)(H,24,26). The quantitative estimate of drug-likeness (QED) is 0.701. The van der Waals surface area contributed by atoms with Gasteiger partial charge in [-0.3, -0.25) is 9.59 Å². The molecule has 2 amide bonds. The number of ether oxygens (including phenoxy) is 1. The summed E-state index contributed by atoms with van der Waals surface area (Å²) in [5, 5.41) is 5.17. The minimum atomic E-state index is -4.45. The highest BCUT2D eigenvalue weighted by molar-refractivity contribution is 6.33. The van der Waals surface area contributed by atoms with Crippen molar-refractivity contribution in [1.82, 2.24) is 10.6 Å². The van der Waals surface area contributed by atoms with Gasteiger partial charge in [-0.25, -0.2) is 0 Å². The average Bonchev–Trinajstić information content (AvgIpc) is 2.63. The number of rotatable bonds is 7. The number of hydrogen-bond donors (Lipinski definition) is 2. The molecule has 0 atom stereocenters.